The lowest BCUT2D eigenvalue weighted by molar-refractivity contribution is -0.131. The van der Waals surface area contributed by atoms with E-state index in [1.807, 2.05) is 0 Å². The molecule has 0 aliphatic heterocycles. The molecule has 0 radical (unpaired) electrons. The zero-order chi connectivity index (χ0) is 15.3. The van der Waals surface area contributed by atoms with Gasteiger partial charge in [0.25, 0.3) is 5.91 Å². The summed E-state index contributed by atoms with van der Waals surface area (Å²) in [7, 11) is 0. The molecule has 0 aromatic heterocycles. The zero-order valence-electron chi connectivity index (χ0n) is 10.6. The number of nitrogens with two attached hydrogens (primary N) is 1. The fraction of sp³-hybridized carbons (Fsp3) is 0.231. The van der Waals surface area contributed by atoms with Gasteiger partial charge in [-0.25, -0.2) is 4.79 Å². The van der Waals surface area contributed by atoms with Crippen molar-refractivity contribution in [3.63, 3.8) is 0 Å². The van der Waals surface area contributed by atoms with Crippen LogP contribution >= 0.6 is 23.2 Å². The first-order chi connectivity index (χ1) is 9.35. The van der Waals surface area contributed by atoms with Gasteiger partial charge < -0.3 is 15.6 Å². The molecule has 1 amide bonds. The molecular formula is C13H13Cl2NO4. The van der Waals surface area contributed by atoms with Crippen LogP contribution in [0.3, 0.4) is 0 Å². The van der Waals surface area contributed by atoms with Gasteiger partial charge in [0.1, 0.15) is 5.75 Å². The summed E-state index contributed by atoms with van der Waals surface area (Å²) in [4.78, 5) is 21.8. The summed E-state index contributed by atoms with van der Waals surface area (Å²) in [5.74, 6) is -1.60. The van der Waals surface area contributed by atoms with Gasteiger partial charge >= 0.3 is 5.97 Å². The van der Waals surface area contributed by atoms with Crippen molar-refractivity contribution in [2.75, 3.05) is 0 Å². The van der Waals surface area contributed by atoms with Gasteiger partial charge in [-0.15, -0.1) is 0 Å². The van der Waals surface area contributed by atoms with Crippen molar-refractivity contribution in [2.24, 2.45) is 5.73 Å². The van der Waals surface area contributed by atoms with Crippen molar-refractivity contribution < 1.29 is 19.4 Å². The SMILES string of the molecule is CCC(Oc1c(Cl)cc(Cl)cc1C=CC(=O)O)C(N)=O. The number of hydrogen-bond acceptors (Lipinski definition) is 3. The summed E-state index contributed by atoms with van der Waals surface area (Å²) in [5.41, 5.74) is 5.55. The molecule has 1 aromatic carbocycles. The molecule has 108 valence electrons. The number of carbonyl (C=O) groups excluding carboxylic acids is 1. The van der Waals surface area contributed by atoms with E-state index in [1.165, 1.54) is 18.2 Å². The molecule has 1 unspecified atom stereocenters. The maximum Gasteiger partial charge on any atom is 0.328 e. The van der Waals surface area contributed by atoms with Crippen LogP contribution < -0.4 is 10.5 Å². The number of aliphatic carboxylic acids is 1. The molecule has 5 nitrogen and oxygen atoms in total. The average molecular weight is 318 g/mol. The number of hydrogen-bond donors (Lipinski definition) is 2. The van der Waals surface area contributed by atoms with Gasteiger partial charge in [0, 0.05) is 16.7 Å². The second kappa shape index (κ2) is 7.17. The number of carboxylic acid groups (broad SMARTS) is 1. The van der Waals surface area contributed by atoms with Gasteiger partial charge in [-0.05, 0) is 24.6 Å². The fourth-order valence-electron chi connectivity index (χ4n) is 1.47. The molecule has 1 aromatic rings. The predicted molar refractivity (Wildman–Crippen MR) is 77.0 cm³/mol. The molecule has 0 bridgehead atoms. The van der Waals surface area contributed by atoms with E-state index in [-0.39, 0.29) is 10.8 Å². The zero-order valence-corrected chi connectivity index (χ0v) is 12.1. The van der Waals surface area contributed by atoms with Gasteiger partial charge in [0.2, 0.25) is 0 Å². The number of primary amides is 1. The number of ether oxygens (including phenoxy) is 1. The normalized spacial score (nSPS) is 12.3. The van der Waals surface area contributed by atoms with Crippen LogP contribution in [0, 0.1) is 0 Å². The summed E-state index contributed by atoms with van der Waals surface area (Å²) in [6.45, 7) is 1.73. The van der Waals surface area contributed by atoms with Crippen LogP contribution in [0.25, 0.3) is 6.08 Å². The van der Waals surface area contributed by atoms with Gasteiger partial charge in [0.15, 0.2) is 6.10 Å². The van der Waals surface area contributed by atoms with Crippen molar-refractivity contribution in [2.45, 2.75) is 19.4 Å². The largest absolute Gasteiger partial charge is 0.478 e. The Labute approximate surface area is 125 Å². The second-order valence-corrected chi connectivity index (χ2v) is 4.74. The van der Waals surface area contributed by atoms with Crippen LogP contribution in [0.2, 0.25) is 10.0 Å². The van der Waals surface area contributed by atoms with E-state index in [1.54, 1.807) is 6.92 Å². The van der Waals surface area contributed by atoms with Crippen LogP contribution in [0.4, 0.5) is 0 Å². The van der Waals surface area contributed by atoms with Crippen molar-refractivity contribution in [1.29, 1.82) is 0 Å². The molecule has 3 N–H and O–H groups in total. The van der Waals surface area contributed by atoms with E-state index in [0.717, 1.165) is 6.08 Å². The van der Waals surface area contributed by atoms with E-state index >= 15 is 0 Å². The highest BCUT2D eigenvalue weighted by molar-refractivity contribution is 6.36. The smallest absolute Gasteiger partial charge is 0.328 e. The highest BCUT2D eigenvalue weighted by Gasteiger charge is 2.18. The van der Waals surface area contributed by atoms with Crippen molar-refractivity contribution in [3.8, 4) is 5.75 Å². The molecule has 0 saturated carbocycles. The first-order valence-corrected chi connectivity index (χ1v) is 6.46. The third-order valence-corrected chi connectivity index (χ3v) is 2.89. The van der Waals surface area contributed by atoms with Crippen molar-refractivity contribution in [3.05, 3.63) is 33.8 Å². The first-order valence-electron chi connectivity index (χ1n) is 5.71. The Bertz CT molecular complexity index is 558. The minimum atomic E-state index is -1.13. The van der Waals surface area contributed by atoms with Crippen molar-refractivity contribution in [1.82, 2.24) is 0 Å². The van der Waals surface area contributed by atoms with E-state index in [4.69, 9.17) is 38.8 Å². The molecule has 7 heteroatoms. The molecule has 0 saturated heterocycles. The fourth-order valence-corrected chi connectivity index (χ4v) is 2.03. The standard InChI is InChI=1S/C13H13Cl2NO4/c1-2-10(13(16)19)20-12-7(3-4-11(17)18)5-8(14)6-9(12)15/h3-6,10H,2H2,1H3,(H2,16,19)(H,17,18). The van der Waals surface area contributed by atoms with Crippen LogP contribution in [0.15, 0.2) is 18.2 Å². The van der Waals surface area contributed by atoms with Gasteiger partial charge in [-0.2, -0.15) is 0 Å². The molecule has 0 spiro atoms. The van der Waals surface area contributed by atoms with E-state index in [2.05, 4.69) is 0 Å². The Kier molecular flexibility index (Phi) is 5.85. The average Bonchev–Trinajstić information content (AvgIpc) is 2.34. The summed E-state index contributed by atoms with van der Waals surface area (Å²) in [5, 5.41) is 9.14. The minimum Gasteiger partial charge on any atom is -0.478 e. The van der Waals surface area contributed by atoms with E-state index in [0.29, 0.717) is 17.0 Å². The van der Waals surface area contributed by atoms with Crippen LogP contribution in [-0.2, 0) is 9.59 Å². The first kappa shape index (κ1) is 16.3. The molecule has 0 aliphatic carbocycles. The Morgan fingerprint density at radius 2 is 2.10 bits per heavy atom. The molecule has 1 atom stereocenters. The quantitative estimate of drug-likeness (QED) is 0.789. The van der Waals surface area contributed by atoms with Crippen LogP contribution in [0.5, 0.6) is 5.75 Å². The monoisotopic (exact) mass is 317 g/mol. The number of rotatable bonds is 6. The summed E-state index contributed by atoms with van der Waals surface area (Å²) >= 11 is 11.9. The number of halogens is 2. The number of carbonyl (C=O) groups is 2. The molecule has 20 heavy (non-hydrogen) atoms. The Morgan fingerprint density at radius 3 is 2.60 bits per heavy atom. The molecule has 0 aliphatic rings. The summed E-state index contributed by atoms with van der Waals surface area (Å²) in [6, 6.07) is 2.92. The molecule has 1 rings (SSSR count). The van der Waals surface area contributed by atoms with E-state index < -0.39 is 18.0 Å². The third kappa shape index (κ3) is 4.43. The third-order valence-electron chi connectivity index (χ3n) is 2.39. The lowest BCUT2D eigenvalue weighted by atomic mass is 10.1. The van der Waals surface area contributed by atoms with Gasteiger partial charge in [-0.3, -0.25) is 4.79 Å². The molecule has 0 fully saturated rings. The second-order valence-electron chi connectivity index (χ2n) is 3.89. The molecular weight excluding hydrogens is 305 g/mol. The minimum absolute atomic E-state index is 0.166. The summed E-state index contributed by atoms with van der Waals surface area (Å²) in [6.07, 6.45) is 1.70. The Balaban J connectivity index is 3.22. The maximum absolute atomic E-state index is 11.2. The van der Waals surface area contributed by atoms with E-state index in [9.17, 15) is 9.59 Å². The highest BCUT2D eigenvalue weighted by atomic mass is 35.5. The van der Waals surface area contributed by atoms with Crippen molar-refractivity contribution >= 4 is 41.2 Å². The Morgan fingerprint density at radius 1 is 1.45 bits per heavy atom. The maximum atomic E-state index is 11.2. The lowest BCUT2D eigenvalue weighted by Crippen LogP contribution is -2.33. The predicted octanol–water partition coefficient (Wildman–Crippen LogP) is 2.73. The molecule has 0 heterocycles. The number of amides is 1. The Hall–Kier alpha value is -1.72. The highest BCUT2D eigenvalue weighted by Crippen LogP contribution is 2.34. The number of carboxylic acids is 1. The number of benzene rings is 1. The summed E-state index contributed by atoms with van der Waals surface area (Å²) < 4.78 is 5.46. The van der Waals surface area contributed by atoms with Gasteiger partial charge in [-0.1, -0.05) is 30.1 Å². The lowest BCUT2D eigenvalue weighted by Gasteiger charge is -2.17. The van der Waals surface area contributed by atoms with Gasteiger partial charge in [0.05, 0.1) is 5.02 Å². The van der Waals surface area contributed by atoms with Crippen LogP contribution in [0.1, 0.15) is 18.9 Å². The van der Waals surface area contributed by atoms with Crippen LogP contribution in [-0.4, -0.2) is 23.1 Å². The topological polar surface area (TPSA) is 89.6 Å².